The molecule has 0 atom stereocenters. The molecule has 0 aromatic heterocycles. The first-order valence-electron chi connectivity index (χ1n) is 13.5. The van der Waals surface area contributed by atoms with Crippen LogP contribution < -0.4 is 21.7 Å². The van der Waals surface area contributed by atoms with Crippen molar-refractivity contribution in [3.8, 4) is 11.5 Å². The van der Waals surface area contributed by atoms with Crippen LogP contribution in [0.15, 0.2) is 58.3 Å². The highest BCUT2D eigenvalue weighted by Crippen LogP contribution is 2.42. The topological polar surface area (TPSA) is 197 Å². The number of hydrogen-bond donors (Lipinski definition) is 6. The Balaban J connectivity index is 1.20. The average molecular weight is 703 g/mol. The summed E-state index contributed by atoms with van der Waals surface area (Å²) in [6, 6.07) is 10.9. The Morgan fingerprint density at radius 1 is 0.609 bits per heavy atom. The summed E-state index contributed by atoms with van der Waals surface area (Å²) < 4.78 is 0.440. The van der Waals surface area contributed by atoms with E-state index in [4.69, 9.17) is 24.4 Å². The number of hydrazine groups is 2. The van der Waals surface area contributed by atoms with Crippen molar-refractivity contribution in [1.29, 1.82) is 0 Å². The molecule has 0 aliphatic carbocycles. The van der Waals surface area contributed by atoms with Gasteiger partial charge in [0.15, 0.2) is 0 Å². The maximum atomic E-state index is 13.1. The van der Waals surface area contributed by atoms with Gasteiger partial charge in [-0.15, -0.1) is 0 Å². The number of phenols is 2. The number of benzene rings is 2. The molecule has 0 saturated carbocycles. The highest BCUT2D eigenvalue weighted by Gasteiger charge is 2.41. The zero-order valence-corrected chi connectivity index (χ0v) is 27.0. The first-order valence-corrected chi connectivity index (χ1v) is 16.0. The van der Waals surface area contributed by atoms with Crippen LogP contribution in [0.25, 0.3) is 0 Å². The number of rotatable bonds is 10. The molecule has 240 valence electrons. The molecule has 2 heterocycles. The minimum Gasteiger partial charge on any atom is -0.508 e. The predicted octanol–water partition coefficient (Wildman–Crippen LogP) is 1.81. The molecule has 2 aromatic rings. The van der Waals surface area contributed by atoms with Crippen LogP contribution in [0.1, 0.15) is 46.4 Å². The Morgan fingerprint density at radius 2 is 0.957 bits per heavy atom. The second-order valence-electron chi connectivity index (χ2n) is 9.61. The van der Waals surface area contributed by atoms with E-state index in [-0.39, 0.29) is 79.9 Å². The number of nitrogens with one attached hydrogen (secondary N) is 4. The summed E-state index contributed by atoms with van der Waals surface area (Å²) in [4.78, 5) is 77.7. The molecule has 4 rings (SSSR count). The van der Waals surface area contributed by atoms with E-state index in [9.17, 15) is 39.0 Å². The molecule has 2 fully saturated rings. The van der Waals surface area contributed by atoms with Crippen molar-refractivity contribution in [3.05, 3.63) is 69.5 Å². The van der Waals surface area contributed by atoms with Crippen molar-refractivity contribution in [1.82, 2.24) is 31.5 Å². The van der Waals surface area contributed by atoms with E-state index in [0.717, 1.165) is 23.5 Å². The molecule has 6 amide bonds. The maximum absolute atomic E-state index is 13.1. The van der Waals surface area contributed by atoms with Crippen LogP contribution in [-0.2, 0) is 19.2 Å². The number of thioether (sulfide) groups is 2. The van der Waals surface area contributed by atoms with E-state index < -0.39 is 35.4 Å². The molecule has 18 heteroatoms. The van der Waals surface area contributed by atoms with Gasteiger partial charge in [-0.05, 0) is 61.4 Å². The van der Waals surface area contributed by atoms with E-state index in [0.29, 0.717) is 0 Å². The van der Waals surface area contributed by atoms with E-state index in [1.807, 2.05) is 0 Å². The molecular weight excluding hydrogens is 677 g/mol. The third-order valence-corrected chi connectivity index (χ3v) is 9.39. The Labute approximate surface area is 281 Å². The van der Waals surface area contributed by atoms with Gasteiger partial charge in [0.05, 0.1) is 9.81 Å². The molecular formula is C28H26N6O8S4. The van der Waals surface area contributed by atoms with Crippen molar-refractivity contribution >= 4 is 92.0 Å². The van der Waals surface area contributed by atoms with Crippen molar-refractivity contribution in [2.75, 3.05) is 13.1 Å². The van der Waals surface area contributed by atoms with Gasteiger partial charge in [-0.3, -0.25) is 60.3 Å². The van der Waals surface area contributed by atoms with Gasteiger partial charge in [-0.1, -0.05) is 48.0 Å². The molecule has 0 radical (unpaired) electrons. The highest BCUT2D eigenvalue weighted by molar-refractivity contribution is 8.29. The molecule has 46 heavy (non-hydrogen) atoms. The van der Waals surface area contributed by atoms with Crippen molar-refractivity contribution in [2.45, 2.75) is 25.7 Å². The normalized spacial score (nSPS) is 16.1. The lowest BCUT2D eigenvalue weighted by Gasteiger charge is -2.15. The smallest absolute Gasteiger partial charge is 0.269 e. The number of carbonyl (C=O) groups is 6. The van der Waals surface area contributed by atoms with Crippen molar-refractivity contribution in [3.63, 3.8) is 0 Å². The predicted molar refractivity (Wildman–Crippen MR) is 177 cm³/mol. The lowest BCUT2D eigenvalue weighted by Crippen LogP contribution is -2.42. The van der Waals surface area contributed by atoms with Crippen LogP contribution in [0.4, 0.5) is 0 Å². The largest absolute Gasteiger partial charge is 0.508 e. The summed E-state index contributed by atoms with van der Waals surface area (Å²) in [5.41, 5.74) is 9.58. The summed E-state index contributed by atoms with van der Waals surface area (Å²) in [5.74, 6) is -3.10. The lowest BCUT2D eigenvalue weighted by molar-refractivity contribution is -0.125. The fraction of sp³-hybridized carbons (Fsp3) is 0.214. The van der Waals surface area contributed by atoms with Crippen LogP contribution in [-0.4, -0.2) is 77.2 Å². The quantitative estimate of drug-likeness (QED) is 0.120. The summed E-state index contributed by atoms with van der Waals surface area (Å²) in [5, 5.41) is 18.6. The van der Waals surface area contributed by atoms with Gasteiger partial charge in [0.25, 0.3) is 23.6 Å². The number of carbonyl (C=O) groups excluding carboxylic acids is 6. The Hall–Kier alpha value is -4.52. The summed E-state index contributed by atoms with van der Waals surface area (Å²) in [6.07, 6.45) is 0.384. The number of phenolic OH excluding ortho intramolecular Hbond substituents is 2. The van der Waals surface area contributed by atoms with Gasteiger partial charge in [0.2, 0.25) is 11.8 Å². The van der Waals surface area contributed by atoms with Gasteiger partial charge < -0.3 is 10.2 Å². The standard InChI is InChI=1S/C28H26N6O8S4/c35-17-9-5-15(6-10-17)23(39)31-29-19(37)3-1-13-33-25(41)21(45-27(33)43)22-26(42)34(28(44)46-22)14-2-4-20(38)30-32-24(40)16-7-11-18(36)12-8-16/h5-12,35-36H,1-4,13-14H2,(H,29,37)(H,30,38)(H,31,39)(H,32,40). The maximum Gasteiger partial charge on any atom is 0.269 e. The van der Waals surface area contributed by atoms with Gasteiger partial charge in [0.1, 0.15) is 20.1 Å². The zero-order chi connectivity index (χ0) is 33.4. The van der Waals surface area contributed by atoms with Crippen LogP contribution in [0.5, 0.6) is 11.5 Å². The molecule has 2 aliphatic rings. The third kappa shape index (κ3) is 8.81. The second kappa shape index (κ2) is 15.7. The molecule has 2 aromatic carbocycles. The number of thiocarbonyl (C=S) groups is 2. The monoisotopic (exact) mass is 702 g/mol. The fourth-order valence-corrected chi connectivity index (χ4v) is 6.77. The van der Waals surface area contributed by atoms with Crippen LogP contribution in [0, 0.1) is 0 Å². The molecule has 2 aliphatic heterocycles. The van der Waals surface area contributed by atoms with Crippen molar-refractivity contribution < 1.29 is 39.0 Å². The Bertz CT molecular complexity index is 1510. The second-order valence-corrected chi connectivity index (χ2v) is 12.9. The van der Waals surface area contributed by atoms with Crippen LogP contribution in [0.2, 0.25) is 0 Å². The average Bonchev–Trinajstić information content (AvgIpc) is 3.47. The van der Waals surface area contributed by atoms with E-state index in [1.165, 1.54) is 58.3 Å². The van der Waals surface area contributed by atoms with Gasteiger partial charge in [-0.2, -0.15) is 0 Å². The number of nitrogens with zero attached hydrogens (tertiary/aromatic N) is 2. The molecule has 6 N–H and O–H groups in total. The SMILES string of the molecule is O=C(CCCN1C(=O)C(=C2SC(=S)N(CCCC(=O)NNC(=O)c3ccc(O)cc3)C2=O)SC1=S)NNC(=O)c1ccc(O)cc1. The van der Waals surface area contributed by atoms with Gasteiger partial charge in [-0.25, -0.2) is 0 Å². The molecule has 14 nitrogen and oxygen atoms in total. The third-order valence-electron chi connectivity index (χ3n) is 6.37. The molecule has 0 unspecified atom stereocenters. The Kier molecular flexibility index (Phi) is 11.7. The number of hydrogen-bond acceptors (Lipinski definition) is 12. The van der Waals surface area contributed by atoms with Gasteiger partial charge >= 0.3 is 0 Å². The van der Waals surface area contributed by atoms with Crippen LogP contribution >= 0.6 is 48.0 Å². The molecule has 0 bridgehead atoms. The lowest BCUT2D eigenvalue weighted by atomic mass is 10.2. The first kappa shape index (κ1) is 34.4. The van der Waals surface area contributed by atoms with Crippen LogP contribution in [0.3, 0.4) is 0 Å². The highest BCUT2D eigenvalue weighted by atomic mass is 32.2. The van der Waals surface area contributed by atoms with E-state index in [1.54, 1.807) is 0 Å². The molecule has 0 spiro atoms. The molecule has 2 saturated heterocycles. The summed E-state index contributed by atoms with van der Waals surface area (Å²) in [6.45, 7) is 0.207. The number of amides is 6. The first-order chi connectivity index (χ1) is 21.9. The van der Waals surface area contributed by atoms with Crippen molar-refractivity contribution in [2.24, 2.45) is 0 Å². The van der Waals surface area contributed by atoms with E-state index in [2.05, 4.69) is 21.7 Å². The number of aromatic hydroxyl groups is 2. The summed E-state index contributed by atoms with van der Waals surface area (Å²) >= 11 is 12.6. The van der Waals surface area contributed by atoms with E-state index >= 15 is 0 Å². The fourth-order valence-electron chi connectivity index (χ4n) is 4.00. The minimum atomic E-state index is -0.568. The Morgan fingerprint density at radius 3 is 1.30 bits per heavy atom. The van der Waals surface area contributed by atoms with Gasteiger partial charge in [0, 0.05) is 37.1 Å². The zero-order valence-electron chi connectivity index (χ0n) is 23.7. The summed E-state index contributed by atoms with van der Waals surface area (Å²) in [7, 11) is 0. The minimum absolute atomic E-state index is 0.00197.